The lowest BCUT2D eigenvalue weighted by Crippen LogP contribution is -2.03. The predicted octanol–water partition coefficient (Wildman–Crippen LogP) is 4.48. The standard InChI is InChI=1S/C27H26N4O/c28-19-22-8-6-21(7-9-22)10-11-24-18-25(12-13-26(24)31-17-3-15-30-31)27(32)5-2-1-4-23-14-16-29-20-23/h3,6-9,12-15,17-18,20H,1-2,4-5,16,19,28H2. The largest absolute Gasteiger partial charge is 0.326 e. The average molecular weight is 423 g/mol. The highest BCUT2D eigenvalue weighted by Gasteiger charge is 2.11. The van der Waals surface area contributed by atoms with Crippen molar-refractivity contribution in [3.05, 3.63) is 94.8 Å². The SMILES string of the molecule is NCc1ccc(C#Cc2cc(C(=O)CCCCC3=CCN=C3)ccc2-n2cccn2)cc1. The molecule has 32 heavy (non-hydrogen) atoms. The van der Waals surface area contributed by atoms with Crippen molar-refractivity contribution >= 4 is 12.0 Å². The maximum Gasteiger partial charge on any atom is 0.162 e. The lowest BCUT2D eigenvalue weighted by Gasteiger charge is -2.08. The predicted molar refractivity (Wildman–Crippen MR) is 128 cm³/mol. The van der Waals surface area contributed by atoms with E-state index >= 15 is 0 Å². The zero-order valence-electron chi connectivity index (χ0n) is 18.0. The van der Waals surface area contributed by atoms with E-state index in [0.717, 1.165) is 48.2 Å². The number of ketones is 1. The molecule has 0 atom stereocenters. The Bertz CT molecular complexity index is 1190. The Morgan fingerprint density at radius 3 is 2.69 bits per heavy atom. The second-order valence-corrected chi connectivity index (χ2v) is 7.74. The fraction of sp³-hybridized carbons (Fsp3) is 0.222. The van der Waals surface area contributed by atoms with Gasteiger partial charge in [0.1, 0.15) is 0 Å². The summed E-state index contributed by atoms with van der Waals surface area (Å²) in [6.45, 7) is 1.30. The van der Waals surface area contributed by atoms with E-state index in [1.165, 1.54) is 5.57 Å². The third kappa shape index (κ3) is 5.48. The van der Waals surface area contributed by atoms with Gasteiger partial charge in [0.15, 0.2) is 5.78 Å². The van der Waals surface area contributed by atoms with Gasteiger partial charge in [-0.1, -0.05) is 30.0 Å². The second-order valence-electron chi connectivity index (χ2n) is 7.74. The Morgan fingerprint density at radius 1 is 1.09 bits per heavy atom. The van der Waals surface area contributed by atoms with Crippen molar-refractivity contribution in [3.8, 4) is 17.5 Å². The molecule has 2 heterocycles. The number of aromatic nitrogens is 2. The summed E-state index contributed by atoms with van der Waals surface area (Å²) in [6, 6.07) is 15.4. The van der Waals surface area contributed by atoms with E-state index in [9.17, 15) is 4.79 Å². The fourth-order valence-electron chi connectivity index (χ4n) is 3.60. The summed E-state index contributed by atoms with van der Waals surface area (Å²) < 4.78 is 1.77. The van der Waals surface area contributed by atoms with Gasteiger partial charge in [-0.05, 0) is 66.8 Å². The molecule has 0 aliphatic carbocycles. The van der Waals surface area contributed by atoms with Crippen molar-refractivity contribution in [3.63, 3.8) is 0 Å². The molecule has 0 saturated heterocycles. The van der Waals surface area contributed by atoms with E-state index in [1.54, 1.807) is 10.9 Å². The molecule has 0 fully saturated rings. The van der Waals surface area contributed by atoms with Crippen molar-refractivity contribution in [2.75, 3.05) is 6.54 Å². The van der Waals surface area contributed by atoms with Gasteiger partial charge in [0.25, 0.3) is 0 Å². The minimum absolute atomic E-state index is 0.140. The van der Waals surface area contributed by atoms with Crippen LogP contribution in [-0.2, 0) is 6.54 Å². The molecular formula is C27H26N4O. The van der Waals surface area contributed by atoms with E-state index < -0.39 is 0 Å². The average Bonchev–Trinajstić information content (AvgIpc) is 3.55. The van der Waals surface area contributed by atoms with Gasteiger partial charge in [0.05, 0.1) is 17.8 Å². The van der Waals surface area contributed by atoms with Gasteiger partial charge >= 0.3 is 0 Å². The number of carbonyl (C=O) groups is 1. The second kappa shape index (κ2) is 10.5. The first-order chi connectivity index (χ1) is 15.7. The van der Waals surface area contributed by atoms with Crippen molar-refractivity contribution in [2.45, 2.75) is 32.2 Å². The van der Waals surface area contributed by atoms with Crippen LogP contribution in [0.3, 0.4) is 0 Å². The number of hydrogen-bond donors (Lipinski definition) is 1. The van der Waals surface area contributed by atoms with Crippen molar-refractivity contribution in [1.82, 2.24) is 9.78 Å². The molecule has 0 bridgehead atoms. The summed E-state index contributed by atoms with van der Waals surface area (Å²) in [5.74, 6) is 6.58. The molecule has 160 valence electrons. The molecule has 5 heteroatoms. The van der Waals surface area contributed by atoms with Gasteiger partial charge in [0.2, 0.25) is 0 Å². The first kappa shape index (κ1) is 21.5. The van der Waals surface area contributed by atoms with Crippen LogP contribution >= 0.6 is 0 Å². The lowest BCUT2D eigenvalue weighted by molar-refractivity contribution is 0.0979. The molecule has 1 aliphatic rings. The number of rotatable bonds is 8. The lowest BCUT2D eigenvalue weighted by atomic mass is 10.00. The molecule has 2 N–H and O–H groups in total. The number of allylic oxidation sites excluding steroid dienone is 1. The number of nitrogens with two attached hydrogens (primary N) is 1. The van der Waals surface area contributed by atoms with E-state index in [1.807, 2.05) is 60.9 Å². The van der Waals surface area contributed by atoms with E-state index in [0.29, 0.717) is 18.5 Å². The number of hydrogen-bond acceptors (Lipinski definition) is 4. The van der Waals surface area contributed by atoms with Gasteiger partial charge in [-0.2, -0.15) is 5.10 Å². The summed E-state index contributed by atoms with van der Waals surface area (Å²) in [5.41, 5.74) is 11.2. The molecule has 0 saturated carbocycles. The van der Waals surface area contributed by atoms with Crippen LogP contribution in [-0.4, -0.2) is 28.3 Å². The molecule has 2 aromatic carbocycles. The van der Waals surface area contributed by atoms with Gasteiger partial charge < -0.3 is 5.73 Å². The smallest absolute Gasteiger partial charge is 0.162 e. The molecule has 0 unspecified atom stereocenters. The summed E-state index contributed by atoms with van der Waals surface area (Å²) in [6.07, 6.45) is 11.0. The quantitative estimate of drug-likeness (QED) is 0.330. The summed E-state index contributed by atoms with van der Waals surface area (Å²) in [5, 5.41) is 4.33. The van der Waals surface area contributed by atoms with Crippen LogP contribution in [0.2, 0.25) is 0 Å². The Labute approximate surface area is 188 Å². The molecular weight excluding hydrogens is 396 g/mol. The molecule has 5 nitrogen and oxygen atoms in total. The summed E-state index contributed by atoms with van der Waals surface area (Å²) >= 11 is 0. The van der Waals surface area contributed by atoms with Crippen LogP contribution in [0.25, 0.3) is 5.69 Å². The Balaban J connectivity index is 1.51. The molecule has 0 amide bonds. The number of Topliss-reactive ketones (excluding diaryl/α,β-unsaturated/α-hetero) is 1. The van der Waals surface area contributed by atoms with Crippen LogP contribution in [0.1, 0.15) is 52.7 Å². The van der Waals surface area contributed by atoms with Gasteiger partial charge in [0, 0.05) is 42.7 Å². The zero-order chi connectivity index (χ0) is 22.2. The first-order valence-electron chi connectivity index (χ1n) is 10.9. The van der Waals surface area contributed by atoms with Crippen molar-refractivity contribution in [1.29, 1.82) is 0 Å². The number of unbranched alkanes of at least 4 members (excludes halogenated alkanes) is 1. The highest BCUT2D eigenvalue weighted by atomic mass is 16.1. The van der Waals surface area contributed by atoms with E-state index in [-0.39, 0.29) is 5.78 Å². The van der Waals surface area contributed by atoms with Gasteiger partial charge in [-0.3, -0.25) is 9.79 Å². The maximum atomic E-state index is 12.8. The maximum absolute atomic E-state index is 12.8. The highest BCUT2D eigenvalue weighted by molar-refractivity contribution is 5.96. The van der Waals surface area contributed by atoms with Crippen LogP contribution < -0.4 is 5.73 Å². The minimum Gasteiger partial charge on any atom is -0.326 e. The van der Waals surface area contributed by atoms with E-state index in [2.05, 4.69) is 28.0 Å². The Hall–Kier alpha value is -3.75. The normalized spacial score (nSPS) is 12.3. The van der Waals surface area contributed by atoms with Crippen LogP contribution in [0, 0.1) is 11.8 Å². The van der Waals surface area contributed by atoms with Crippen molar-refractivity contribution in [2.24, 2.45) is 10.7 Å². The van der Waals surface area contributed by atoms with Crippen LogP contribution in [0.4, 0.5) is 0 Å². The molecule has 3 aromatic rings. The molecule has 1 aliphatic heterocycles. The van der Waals surface area contributed by atoms with Gasteiger partial charge in [-0.25, -0.2) is 4.68 Å². The van der Waals surface area contributed by atoms with Gasteiger partial charge in [-0.15, -0.1) is 0 Å². The monoisotopic (exact) mass is 422 g/mol. The molecule has 0 radical (unpaired) electrons. The number of benzene rings is 2. The minimum atomic E-state index is 0.140. The number of aliphatic imine (C=N–C) groups is 1. The molecule has 1 aromatic heterocycles. The van der Waals surface area contributed by atoms with Crippen LogP contribution in [0.5, 0.6) is 0 Å². The Morgan fingerprint density at radius 2 is 1.97 bits per heavy atom. The third-order valence-corrected chi connectivity index (χ3v) is 5.44. The van der Waals surface area contributed by atoms with Crippen LogP contribution in [0.15, 0.2) is 77.6 Å². The number of carbonyl (C=O) groups excluding carboxylic acids is 1. The zero-order valence-corrected chi connectivity index (χ0v) is 18.0. The highest BCUT2D eigenvalue weighted by Crippen LogP contribution is 2.19. The van der Waals surface area contributed by atoms with Crippen molar-refractivity contribution < 1.29 is 4.79 Å². The van der Waals surface area contributed by atoms with E-state index in [4.69, 9.17) is 5.73 Å². The molecule has 0 spiro atoms. The number of nitrogens with zero attached hydrogens (tertiary/aromatic N) is 3. The fourth-order valence-corrected chi connectivity index (χ4v) is 3.60. The first-order valence-corrected chi connectivity index (χ1v) is 10.9. The molecule has 4 rings (SSSR count). The summed E-state index contributed by atoms with van der Waals surface area (Å²) in [4.78, 5) is 17.0. The third-order valence-electron chi connectivity index (χ3n) is 5.44. The Kier molecular flexibility index (Phi) is 7.06. The topological polar surface area (TPSA) is 73.3 Å². The summed E-state index contributed by atoms with van der Waals surface area (Å²) in [7, 11) is 0.